The molecule has 0 aliphatic rings. The molecule has 0 heterocycles. The minimum Gasteiger partial charge on any atom is -0.481 e. The van der Waals surface area contributed by atoms with Gasteiger partial charge in [0.05, 0.1) is 0 Å². The number of anilines is 1. The minimum absolute atomic E-state index is 0.104. The van der Waals surface area contributed by atoms with E-state index in [1.54, 1.807) is 24.3 Å². The van der Waals surface area contributed by atoms with E-state index < -0.39 is 5.97 Å². The van der Waals surface area contributed by atoms with Crippen LogP contribution >= 0.6 is 11.6 Å². The van der Waals surface area contributed by atoms with Gasteiger partial charge in [-0.2, -0.15) is 0 Å². The fourth-order valence-corrected chi connectivity index (χ4v) is 1.67. The zero-order chi connectivity index (χ0) is 14.1. The van der Waals surface area contributed by atoms with Crippen LogP contribution in [0.5, 0.6) is 0 Å². The van der Waals surface area contributed by atoms with Gasteiger partial charge in [0.1, 0.15) is 0 Å². The Morgan fingerprint density at radius 2 is 2.00 bits per heavy atom. The molecule has 0 atom stereocenters. The van der Waals surface area contributed by atoms with Crippen molar-refractivity contribution in [3.8, 4) is 0 Å². The van der Waals surface area contributed by atoms with Gasteiger partial charge in [0.15, 0.2) is 0 Å². The second kappa shape index (κ2) is 8.50. The van der Waals surface area contributed by atoms with Crippen molar-refractivity contribution < 1.29 is 14.7 Å². The fourth-order valence-electron chi connectivity index (χ4n) is 1.48. The zero-order valence-electron chi connectivity index (χ0n) is 10.5. The highest BCUT2D eigenvalue weighted by atomic mass is 35.5. The molecule has 0 bridgehead atoms. The summed E-state index contributed by atoms with van der Waals surface area (Å²) in [5, 5.41) is 14.8. The molecular formula is C13H17ClN2O3. The largest absolute Gasteiger partial charge is 0.481 e. The van der Waals surface area contributed by atoms with Crippen molar-refractivity contribution in [1.82, 2.24) is 5.32 Å². The molecule has 0 spiro atoms. The smallest absolute Gasteiger partial charge is 0.303 e. The molecule has 0 aliphatic heterocycles. The molecule has 0 aliphatic carbocycles. The first-order valence-corrected chi connectivity index (χ1v) is 6.43. The molecule has 0 saturated heterocycles. The number of carbonyl (C=O) groups excluding carboxylic acids is 1. The first-order valence-electron chi connectivity index (χ1n) is 6.06. The zero-order valence-corrected chi connectivity index (χ0v) is 11.2. The molecule has 0 unspecified atom stereocenters. The van der Waals surface area contributed by atoms with Crippen molar-refractivity contribution in [3.05, 3.63) is 29.3 Å². The van der Waals surface area contributed by atoms with Crippen LogP contribution in [0, 0.1) is 0 Å². The Morgan fingerprint density at radius 3 is 2.68 bits per heavy atom. The SMILES string of the molecule is O=C(O)CCCNCCC(=O)Nc1cccc(Cl)c1. The van der Waals surface area contributed by atoms with Crippen molar-refractivity contribution in [2.24, 2.45) is 0 Å². The van der Waals surface area contributed by atoms with Gasteiger partial charge in [-0.1, -0.05) is 17.7 Å². The molecular weight excluding hydrogens is 268 g/mol. The Morgan fingerprint density at radius 1 is 1.21 bits per heavy atom. The summed E-state index contributed by atoms with van der Waals surface area (Å²) in [7, 11) is 0. The molecule has 1 aromatic carbocycles. The van der Waals surface area contributed by atoms with E-state index in [2.05, 4.69) is 10.6 Å². The molecule has 1 aromatic rings. The van der Waals surface area contributed by atoms with Crippen LogP contribution in [-0.4, -0.2) is 30.1 Å². The fraction of sp³-hybridized carbons (Fsp3) is 0.385. The Hall–Kier alpha value is -1.59. The van der Waals surface area contributed by atoms with Gasteiger partial charge in [-0.3, -0.25) is 9.59 Å². The van der Waals surface area contributed by atoms with Crippen LogP contribution in [0.3, 0.4) is 0 Å². The van der Waals surface area contributed by atoms with Crippen LogP contribution in [0.2, 0.25) is 5.02 Å². The summed E-state index contributed by atoms with van der Waals surface area (Å²) in [6.45, 7) is 1.11. The highest BCUT2D eigenvalue weighted by Crippen LogP contribution is 2.14. The molecule has 3 N–H and O–H groups in total. The third kappa shape index (κ3) is 7.43. The lowest BCUT2D eigenvalue weighted by atomic mass is 10.3. The summed E-state index contributed by atoms with van der Waals surface area (Å²) in [5.74, 6) is -0.909. The molecule has 104 valence electrons. The van der Waals surface area contributed by atoms with E-state index in [1.165, 1.54) is 0 Å². The van der Waals surface area contributed by atoms with E-state index >= 15 is 0 Å². The van der Waals surface area contributed by atoms with Gasteiger partial charge in [-0.05, 0) is 31.2 Å². The molecule has 0 aromatic heterocycles. The maximum absolute atomic E-state index is 11.6. The Bertz CT molecular complexity index is 438. The summed E-state index contributed by atoms with van der Waals surface area (Å²) in [6, 6.07) is 6.95. The number of hydrogen-bond acceptors (Lipinski definition) is 3. The van der Waals surface area contributed by atoms with Crippen molar-refractivity contribution >= 4 is 29.2 Å². The van der Waals surface area contributed by atoms with Crippen LogP contribution in [0.15, 0.2) is 24.3 Å². The third-order valence-electron chi connectivity index (χ3n) is 2.38. The van der Waals surface area contributed by atoms with E-state index in [9.17, 15) is 9.59 Å². The average molecular weight is 285 g/mol. The van der Waals surface area contributed by atoms with E-state index in [-0.39, 0.29) is 12.3 Å². The summed E-state index contributed by atoms with van der Waals surface area (Å²) in [4.78, 5) is 21.8. The second-order valence-corrected chi connectivity index (χ2v) is 4.49. The van der Waals surface area contributed by atoms with Gasteiger partial charge < -0.3 is 15.7 Å². The van der Waals surface area contributed by atoms with Gasteiger partial charge in [0, 0.05) is 30.1 Å². The second-order valence-electron chi connectivity index (χ2n) is 4.06. The first-order chi connectivity index (χ1) is 9.08. The van der Waals surface area contributed by atoms with Crippen molar-refractivity contribution in [3.63, 3.8) is 0 Å². The van der Waals surface area contributed by atoms with Crippen LogP contribution < -0.4 is 10.6 Å². The maximum Gasteiger partial charge on any atom is 0.303 e. The summed E-state index contributed by atoms with van der Waals surface area (Å²) >= 11 is 5.80. The first kappa shape index (κ1) is 15.5. The summed E-state index contributed by atoms with van der Waals surface area (Å²) in [6.07, 6.45) is 1.03. The van der Waals surface area contributed by atoms with Crippen molar-refractivity contribution in [1.29, 1.82) is 0 Å². The molecule has 1 amide bonds. The molecule has 0 saturated carbocycles. The predicted octanol–water partition coefficient (Wildman–Crippen LogP) is 2.12. The number of carboxylic acids is 1. The summed E-state index contributed by atoms with van der Waals surface area (Å²) in [5.41, 5.74) is 0.670. The highest BCUT2D eigenvalue weighted by molar-refractivity contribution is 6.30. The number of halogens is 1. The quantitative estimate of drug-likeness (QED) is 0.639. The Balaban J connectivity index is 2.13. The van der Waals surface area contributed by atoms with E-state index in [0.717, 1.165) is 0 Å². The number of aliphatic carboxylic acids is 1. The number of hydrogen-bond donors (Lipinski definition) is 3. The Labute approximate surface area is 117 Å². The van der Waals surface area contributed by atoms with Gasteiger partial charge >= 0.3 is 5.97 Å². The monoisotopic (exact) mass is 284 g/mol. The molecule has 6 heteroatoms. The van der Waals surface area contributed by atoms with Gasteiger partial charge in [-0.25, -0.2) is 0 Å². The van der Waals surface area contributed by atoms with Gasteiger partial charge in [0.2, 0.25) is 5.91 Å². The standard InChI is InChI=1S/C13H17ClN2O3/c14-10-3-1-4-11(9-10)16-12(17)6-8-15-7-2-5-13(18)19/h1,3-4,9,15H,2,5-8H2,(H,16,17)(H,18,19). The normalized spacial score (nSPS) is 10.2. The third-order valence-corrected chi connectivity index (χ3v) is 2.62. The molecule has 0 fully saturated rings. The average Bonchev–Trinajstić information content (AvgIpc) is 2.33. The lowest BCUT2D eigenvalue weighted by Crippen LogP contribution is -2.23. The van der Waals surface area contributed by atoms with Gasteiger partial charge in [0.25, 0.3) is 0 Å². The molecule has 1 rings (SSSR count). The van der Waals surface area contributed by atoms with Gasteiger partial charge in [-0.15, -0.1) is 0 Å². The number of benzene rings is 1. The number of carbonyl (C=O) groups is 2. The lowest BCUT2D eigenvalue weighted by molar-refractivity contribution is -0.137. The van der Waals surface area contributed by atoms with Crippen LogP contribution in [0.25, 0.3) is 0 Å². The topological polar surface area (TPSA) is 78.4 Å². The molecule has 5 nitrogen and oxygen atoms in total. The predicted molar refractivity (Wildman–Crippen MR) is 74.4 cm³/mol. The number of carboxylic acid groups (broad SMARTS) is 1. The number of nitrogens with one attached hydrogen (secondary N) is 2. The van der Waals surface area contributed by atoms with E-state index in [0.29, 0.717) is 36.6 Å². The highest BCUT2D eigenvalue weighted by Gasteiger charge is 2.02. The number of rotatable bonds is 8. The molecule has 0 radical (unpaired) electrons. The van der Waals surface area contributed by atoms with Crippen LogP contribution in [0.1, 0.15) is 19.3 Å². The van der Waals surface area contributed by atoms with E-state index in [1.807, 2.05) is 0 Å². The maximum atomic E-state index is 11.6. The van der Waals surface area contributed by atoms with Crippen LogP contribution in [0.4, 0.5) is 5.69 Å². The van der Waals surface area contributed by atoms with Crippen molar-refractivity contribution in [2.45, 2.75) is 19.3 Å². The van der Waals surface area contributed by atoms with Crippen LogP contribution in [-0.2, 0) is 9.59 Å². The van der Waals surface area contributed by atoms with Crippen molar-refractivity contribution in [2.75, 3.05) is 18.4 Å². The van der Waals surface area contributed by atoms with E-state index in [4.69, 9.17) is 16.7 Å². The Kier molecular flexibility index (Phi) is 6.92. The molecule has 19 heavy (non-hydrogen) atoms. The number of amides is 1. The minimum atomic E-state index is -0.805. The lowest BCUT2D eigenvalue weighted by Gasteiger charge is -2.06. The summed E-state index contributed by atoms with van der Waals surface area (Å²) < 4.78 is 0.